The fourth-order valence-corrected chi connectivity index (χ4v) is 3.59. The molecule has 0 aromatic heterocycles. The van der Waals surface area contributed by atoms with E-state index in [1.54, 1.807) is 0 Å². The second-order valence-corrected chi connectivity index (χ2v) is 8.67. The molecule has 0 amide bonds. The van der Waals surface area contributed by atoms with Crippen LogP contribution in [0.15, 0.2) is 60.7 Å². The molecule has 0 N–H and O–H groups in total. The van der Waals surface area contributed by atoms with Crippen molar-refractivity contribution in [2.45, 2.75) is 64.2 Å². The smallest absolute Gasteiger partial charge is 0.403 e. The third kappa shape index (κ3) is 5.01. The molecule has 2 aromatic carbocycles. The first-order valence-electron chi connectivity index (χ1n) is 9.90. The zero-order chi connectivity index (χ0) is 19.5. The van der Waals surface area contributed by atoms with Crippen LogP contribution in [0.3, 0.4) is 0 Å². The molecule has 0 radical (unpaired) electrons. The van der Waals surface area contributed by atoms with E-state index < -0.39 is 0 Å². The maximum absolute atomic E-state index is 6.28. The third-order valence-corrected chi connectivity index (χ3v) is 5.98. The van der Waals surface area contributed by atoms with Gasteiger partial charge in [-0.1, -0.05) is 60.7 Å². The standard InChI is InChI=1S/C23H32BNO2/c1-22(2)23(3,4)27-24(26-22)17-21(16-19-12-8-6-9-13-19)25(5)18-20-14-10-7-11-15-20/h6-15,21H,16-18H2,1-5H3. The number of benzene rings is 2. The van der Waals surface area contributed by atoms with E-state index in [2.05, 4.69) is 100 Å². The molecule has 3 nitrogen and oxygen atoms in total. The lowest BCUT2D eigenvalue weighted by molar-refractivity contribution is 0.00578. The summed E-state index contributed by atoms with van der Waals surface area (Å²) in [6.45, 7) is 9.39. The Balaban J connectivity index is 1.73. The molecule has 1 saturated heterocycles. The van der Waals surface area contributed by atoms with Crippen molar-refractivity contribution < 1.29 is 9.31 Å². The van der Waals surface area contributed by atoms with Crippen molar-refractivity contribution in [3.63, 3.8) is 0 Å². The summed E-state index contributed by atoms with van der Waals surface area (Å²) in [5.74, 6) is 0. The van der Waals surface area contributed by atoms with E-state index in [0.717, 1.165) is 19.3 Å². The first-order chi connectivity index (χ1) is 12.8. The van der Waals surface area contributed by atoms with Gasteiger partial charge < -0.3 is 9.31 Å². The fraction of sp³-hybridized carbons (Fsp3) is 0.478. The highest BCUT2D eigenvalue weighted by Gasteiger charge is 2.51. The van der Waals surface area contributed by atoms with Gasteiger partial charge in [0.25, 0.3) is 0 Å². The van der Waals surface area contributed by atoms with E-state index in [1.807, 2.05) is 0 Å². The highest BCUT2D eigenvalue weighted by Crippen LogP contribution is 2.38. The molecule has 0 saturated carbocycles. The quantitative estimate of drug-likeness (QED) is 0.657. The zero-order valence-corrected chi connectivity index (χ0v) is 17.3. The van der Waals surface area contributed by atoms with Crippen LogP contribution in [-0.2, 0) is 22.3 Å². The molecule has 0 bridgehead atoms. The first kappa shape index (κ1) is 20.1. The molecule has 2 aromatic rings. The van der Waals surface area contributed by atoms with Crippen molar-refractivity contribution in [3.05, 3.63) is 71.8 Å². The molecule has 1 aliphatic heterocycles. The molecule has 1 unspecified atom stereocenters. The monoisotopic (exact) mass is 365 g/mol. The third-order valence-electron chi connectivity index (χ3n) is 5.98. The minimum atomic E-state index is -0.285. The highest BCUT2D eigenvalue weighted by molar-refractivity contribution is 6.45. The normalized spacial score (nSPS) is 19.4. The van der Waals surface area contributed by atoms with Crippen LogP contribution in [-0.4, -0.2) is 36.3 Å². The Morgan fingerprint density at radius 2 is 1.30 bits per heavy atom. The zero-order valence-electron chi connectivity index (χ0n) is 17.3. The average molecular weight is 365 g/mol. The van der Waals surface area contributed by atoms with Crippen LogP contribution in [0.4, 0.5) is 0 Å². The summed E-state index contributed by atoms with van der Waals surface area (Å²) < 4.78 is 12.6. The average Bonchev–Trinajstić information content (AvgIpc) is 2.82. The fourth-order valence-electron chi connectivity index (χ4n) is 3.59. The molecule has 0 spiro atoms. The molecule has 27 heavy (non-hydrogen) atoms. The maximum atomic E-state index is 6.28. The van der Waals surface area contributed by atoms with Crippen molar-refractivity contribution in [3.8, 4) is 0 Å². The molecule has 4 heteroatoms. The second-order valence-electron chi connectivity index (χ2n) is 8.67. The van der Waals surface area contributed by atoms with E-state index in [-0.39, 0.29) is 18.3 Å². The van der Waals surface area contributed by atoms with Crippen LogP contribution in [0.25, 0.3) is 0 Å². The Hall–Kier alpha value is -1.62. The van der Waals surface area contributed by atoms with Gasteiger partial charge in [-0.25, -0.2) is 0 Å². The van der Waals surface area contributed by atoms with Gasteiger partial charge in [0, 0.05) is 12.6 Å². The van der Waals surface area contributed by atoms with Crippen LogP contribution in [0.5, 0.6) is 0 Å². The van der Waals surface area contributed by atoms with Crippen LogP contribution in [0.2, 0.25) is 6.32 Å². The molecule has 144 valence electrons. The van der Waals surface area contributed by atoms with Gasteiger partial charge in [0.15, 0.2) is 0 Å². The van der Waals surface area contributed by atoms with Gasteiger partial charge >= 0.3 is 7.12 Å². The van der Waals surface area contributed by atoms with Crippen molar-refractivity contribution in [2.24, 2.45) is 0 Å². The highest BCUT2D eigenvalue weighted by atomic mass is 16.7. The first-order valence-corrected chi connectivity index (χ1v) is 9.90. The lowest BCUT2D eigenvalue weighted by Crippen LogP contribution is -2.41. The largest absolute Gasteiger partial charge is 0.459 e. The van der Waals surface area contributed by atoms with E-state index in [9.17, 15) is 0 Å². The van der Waals surface area contributed by atoms with E-state index in [0.29, 0.717) is 6.04 Å². The van der Waals surface area contributed by atoms with Crippen LogP contribution < -0.4 is 0 Å². The number of rotatable bonds is 7. The van der Waals surface area contributed by atoms with E-state index in [1.165, 1.54) is 11.1 Å². The van der Waals surface area contributed by atoms with E-state index >= 15 is 0 Å². The summed E-state index contributed by atoms with van der Waals surface area (Å²) in [4.78, 5) is 2.42. The van der Waals surface area contributed by atoms with Crippen molar-refractivity contribution in [1.82, 2.24) is 4.90 Å². The molecule has 1 fully saturated rings. The summed E-state index contributed by atoms with van der Waals surface area (Å²) in [6.07, 6.45) is 1.83. The summed E-state index contributed by atoms with van der Waals surface area (Å²) in [6, 6.07) is 21.7. The minimum Gasteiger partial charge on any atom is -0.403 e. The summed E-state index contributed by atoms with van der Waals surface area (Å²) >= 11 is 0. The Kier molecular flexibility index (Phi) is 6.10. The number of nitrogens with zero attached hydrogens (tertiary/aromatic N) is 1. The predicted molar refractivity (Wildman–Crippen MR) is 113 cm³/mol. The molecule has 1 heterocycles. The molecule has 3 rings (SSSR count). The van der Waals surface area contributed by atoms with Gasteiger partial charge in [0.05, 0.1) is 11.2 Å². The summed E-state index contributed by atoms with van der Waals surface area (Å²) in [5, 5.41) is 0. The molecular weight excluding hydrogens is 333 g/mol. The van der Waals surface area contributed by atoms with Gasteiger partial charge in [-0.2, -0.15) is 0 Å². The van der Waals surface area contributed by atoms with Crippen molar-refractivity contribution in [1.29, 1.82) is 0 Å². The van der Waals surface area contributed by atoms with Crippen molar-refractivity contribution in [2.75, 3.05) is 7.05 Å². The van der Waals surface area contributed by atoms with Crippen LogP contribution in [0.1, 0.15) is 38.8 Å². The molecule has 1 atom stereocenters. The lowest BCUT2D eigenvalue weighted by Gasteiger charge is -2.32. The Labute approximate surface area is 164 Å². The topological polar surface area (TPSA) is 21.7 Å². The maximum Gasteiger partial charge on any atom is 0.459 e. The van der Waals surface area contributed by atoms with Gasteiger partial charge in [-0.3, -0.25) is 4.90 Å². The predicted octanol–water partition coefficient (Wildman–Crippen LogP) is 4.82. The summed E-state index contributed by atoms with van der Waals surface area (Å²) in [5.41, 5.74) is 2.10. The molecule has 1 aliphatic rings. The van der Waals surface area contributed by atoms with Gasteiger partial charge in [0.1, 0.15) is 0 Å². The van der Waals surface area contributed by atoms with Crippen LogP contribution >= 0.6 is 0 Å². The van der Waals surface area contributed by atoms with E-state index in [4.69, 9.17) is 9.31 Å². The SMILES string of the molecule is CN(Cc1ccccc1)C(CB1OC(C)(C)C(C)(C)O1)Cc1ccccc1. The van der Waals surface area contributed by atoms with Gasteiger partial charge in [-0.05, 0) is 58.6 Å². The number of hydrogen-bond donors (Lipinski definition) is 0. The Bertz CT molecular complexity index is 702. The second kappa shape index (κ2) is 8.18. The van der Waals surface area contributed by atoms with Gasteiger partial charge in [-0.15, -0.1) is 0 Å². The Morgan fingerprint density at radius 1 is 0.815 bits per heavy atom. The van der Waals surface area contributed by atoms with Crippen molar-refractivity contribution >= 4 is 7.12 Å². The van der Waals surface area contributed by atoms with Crippen LogP contribution in [0, 0.1) is 0 Å². The Morgan fingerprint density at radius 3 is 1.81 bits per heavy atom. The number of likely N-dealkylation sites (N-methyl/N-ethyl adjacent to an activating group) is 1. The minimum absolute atomic E-state index is 0.179. The number of hydrogen-bond acceptors (Lipinski definition) is 3. The molecule has 0 aliphatic carbocycles. The lowest BCUT2D eigenvalue weighted by atomic mass is 9.78. The van der Waals surface area contributed by atoms with Gasteiger partial charge in [0.2, 0.25) is 0 Å². The molecular formula is C23H32BNO2. The summed E-state index contributed by atoms with van der Waals surface area (Å²) in [7, 11) is 2.02.